The highest BCUT2D eigenvalue weighted by atomic mass is 19.1. The zero-order chi connectivity index (χ0) is 24.7. The predicted molar refractivity (Wildman–Crippen MR) is 130 cm³/mol. The number of pyridine rings is 1. The molecule has 0 aliphatic heterocycles. The molecule has 4 aromatic rings. The normalized spacial score (nSPS) is 13.1. The van der Waals surface area contributed by atoms with Gasteiger partial charge in [0.05, 0.1) is 28.9 Å². The summed E-state index contributed by atoms with van der Waals surface area (Å²) in [4.78, 5) is 36.7. The topological polar surface area (TPSA) is 114 Å². The van der Waals surface area contributed by atoms with E-state index in [1.807, 2.05) is 14.0 Å². The maximum absolute atomic E-state index is 15.6. The summed E-state index contributed by atoms with van der Waals surface area (Å²) in [5.41, 5.74) is 1.92. The van der Waals surface area contributed by atoms with Gasteiger partial charge in [0, 0.05) is 49.6 Å². The number of fused-ring (bicyclic) bond motifs is 1. The molecule has 0 atom stereocenters. The van der Waals surface area contributed by atoms with Crippen LogP contribution in [0.15, 0.2) is 36.8 Å². The predicted octanol–water partition coefficient (Wildman–Crippen LogP) is 3.88. The number of nitrogens with one attached hydrogen (secondary N) is 3. The second-order valence-corrected chi connectivity index (χ2v) is 8.46. The van der Waals surface area contributed by atoms with Crippen LogP contribution in [0.3, 0.4) is 0 Å². The van der Waals surface area contributed by atoms with Crippen molar-refractivity contribution in [3.8, 4) is 28.4 Å². The molecule has 0 spiro atoms. The van der Waals surface area contributed by atoms with E-state index < -0.39 is 5.82 Å². The number of carbonyl (C=O) groups is 2. The summed E-state index contributed by atoms with van der Waals surface area (Å²) in [6.45, 7) is 2.14. The van der Waals surface area contributed by atoms with Gasteiger partial charge in [-0.2, -0.15) is 0 Å². The number of anilines is 1. The molecule has 3 aromatic heterocycles. The smallest absolute Gasteiger partial charge is 0.253 e. The third kappa shape index (κ3) is 4.11. The first kappa shape index (κ1) is 22.6. The van der Waals surface area contributed by atoms with Gasteiger partial charge in [0.2, 0.25) is 5.91 Å². The van der Waals surface area contributed by atoms with Crippen LogP contribution in [0.1, 0.15) is 30.1 Å². The molecule has 0 unspecified atom stereocenters. The molecular formula is C25H25FN6O3. The highest BCUT2D eigenvalue weighted by molar-refractivity contribution is 6.11. The summed E-state index contributed by atoms with van der Waals surface area (Å²) >= 11 is 0. The number of aryl methyl sites for hydroxylation is 1. The first-order valence-electron chi connectivity index (χ1n) is 11.4. The lowest BCUT2D eigenvalue weighted by molar-refractivity contribution is -0.117. The van der Waals surface area contributed by atoms with Crippen LogP contribution in [0.25, 0.3) is 33.5 Å². The lowest BCUT2D eigenvalue weighted by atomic mass is 10.0. The lowest BCUT2D eigenvalue weighted by Gasteiger charge is -2.13. The minimum atomic E-state index is -0.515. The first-order valence-corrected chi connectivity index (χ1v) is 11.4. The zero-order valence-corrected chi connectivity index (χ0v) is 19.6. The largest absolute Gasteiger partial charge is 0.493 e. The number of halogens is 1. The molecule has 0 saturated heterocycles. The van der Waals surface area contributed by atoms with E-state index >= 15 is 4.39 Å². The van der Waals surface area contributed by atoms with Crippen LogP contribution in [0.4, 0.5) is 10.2 Å². The van der Waals surface area contributed by atoms with Crippen molar-refractivity contribution in [2.75, 3.05) is 19.0 Å². The molecule has 2 amide bonds. The quantitative estimate of drug-likeness (QED) is 0.375. The van der Waals surface area contributed by atoms with Crippen molar-refractivity contribution in [3.05, 3.63) is 48.2 Å². The molecule has 1 aromatic carbocycles. The standard InChI is InChI=1S/C25H25FN6O3/c1-4-35-19-10-14(23-28-7-8-32(23)3)9-17(26)20(19)18-11-15-16(25(34)27-2)12-29-22(21(15)30-18)31-24(33)13-5-6-13/h7-13,30H,4-6H2,1-3H3,(H,27,34)(H,29,31,33). The molecule has 1 fully saturated rings. The molecule has 10 heteroatoms. The van der Waals surface area contributed by atoms with Gasteiger partial charge in [-0.1, -0.05) is 0 Å². The fourth-order valence-electron chi connectivity index (χ4n) is 4.11. The Morgan fingerprint density at radius 1 is 1.26 bits per heavy atom. The Labute approximate surface area is 200 Å². The Bertz CT molecular complexity index is 1450. The molecule has 9 nitrogen and oxygen atoms in total. The maximum atomic E-state index is 15.6. The Morgan fingerprint density at radius 2 is 2.06 bits per heavy atom. The van der Waals surface area contributed by atoms with E-state index in [0.717, 1.165) is 12.8 Å². The monoisotopic (exact) mass is 476 g/mol. The minimum Gasteiger partial charge on any atom is -0.493 e. The first-order chi connectivity index (χ1) is 16.9. The molecule has 1 aliphatic rings. The van der Waals surface area contributed by atoms with Crippen molar-refractivity contribution in [1.82, 2.24) is 24.8 Å². The van der Waals surface area contributed by atoms with Gasteiger partial charge in [-0.3, -0.25) is 9.59 Å². The number of ether oxygens (including phenoxy) is 1. The van der Waals surface area contributed by atoms with Crippen LogP contribution in [0.2, 0.25) is 0 Å². The van der Waals surface area contributed by atoms with Crippen LogP contribution in [0.5, 0.6) is 5.75 Å². The van der Waals surface area contributed by atoms with Crippen molar-refractivity contribution >= 4 is 28.5 Å². The average molecular weight is 477 g/mol. The third-order valence-corrected chi connectivity index (χ3v) is 6.03. The van der Waals surface area contributed by atoms with Crippen molar-refractivity contribution < 1.29 is 18.7 Å². The minimum absolute atomic E-state index is 0.0273. The molecule has 1 saturated carbocycles. The molecule has 0 radical (unpaired) electrons. The fourth-order valence-corrected chi connectivity index (χ4v) is 4.11. The zero-order valence-electron chi connectivity index (χ0n) is 19.6. The van der Waals surface area contributed by atoms with Crippen molar-refractivity contribution in [3.63, 3.8) is 0 Å². The number of H-pyrrole nitrogens is 1. The number of hydrogen-bond acceptors (Lipinski definition) is 5. The van der Waals surface area contributed by atoms with Gasteiger partial charge >= 0.3 is 0 Å². The lowest BCUT2D eigenvalue weighted by Crippen LogP contribution is -2.19. The van der Waals surface area contributed by atoms with Crippen LogP contribution in [0, 0.1) is 11.7 Å². The van der Waals surface area contributed by atoms with Gasteiger partial charge < -0.3 is 24.9 Å². The van der Waals surface area contributed by atoms with Crippen LogP contribution < -0.4 is 15.4 Å². The van der Waals surface area contributed by atoms with Gasteiger partial charge in [-0.25, -0.2) is 14.4 Å². The second-order valence-electron chi connectivity index (χ2n) is 8.46. The van der Waals surface area contributed by atoms with Crippen molar-refractivity contribution in [1.29, 1.82) is 0 Å². The van der Waals surface area contributed by atoms with E-state index in [1.165, 1.54) is 19.3 Å². The fraction of sp³-hybridized carbons (Fsp3) is 0.280. The summed E-state index contributed by atoms with van der Waals surface area (Å²) in [6, 6.07) is 4.82. The molecule has 0 bridgehead atoms. The van der Waals surface area contributed by atoms with Crippen LogP contribution >= 0.6 is 0 Å². The van der Waals surface area contributed by atoms with E-state index in [-0.39, 0.29) is 23.3 Å². The average Bonchev–Trinajstić information content (AvgIpc) is 3.46. The number of benzene rings is 1. The van der Waals surface area contributed by atoms with E-state index in [9.17, 15) is 9.59 Å². The van der Waals surface area contributed by atoms with E-state index in [0.29, 0.717) is 51.7 Å². The molecular weight excluding hydrogens is 451 g/mol. The number of imidazole rings is 1. The molecule has 35 heavy (non-hydrogen) atoms. The maximum Gasteiger partial charge on any atom is 0.253 e. The summed E-state index contributed by atoms with van der Waals surface area (Å²) in [6.07, 6.45) is 6.51. The summed E-state index contributed by atoms with van der Waals surface area (Å²) in [5, 5.41) is 5.94. The van der Waals surface area contributed by atoms with E-state index in [2.05, 4.69) is 25.6 Å². The number of aromatic amines is 1. The molecule has 180 valence electrons. The highest BCUT2D eigenvalue weighted by Gasteiger charge is 2.31. The van der Waals surface area contributed by atoms with Crippen molar-refractivity contribution in [2.45, 2.75) is 19.8 Å². The van der Waals surface area contributed by atoms with Gasteiger partial charge in [0.1, 0.15) is 17.4 Å². The number of rotatable bonds is 7. The summed E-state index contributed by atoms with van der Waals surface area (Å²) in [5.74, 6) is 0.212. The van der Waals surface area contributed by atoms with Gasteiger partial charge in [0.25, 0.3) is 5.91 Å². The Hall–Kier alpha value is -4.21. The SMILES string of the molecule is CCOc1cc(-c2nccn2C)cc(F)c1-c1cc2c(C(=O)NC)cnc(NC(=O)C3CC3)c2[nH]1. The second kappa shape index (κ2) is 8.86. The number of carbonyl (C=O) groups excluding carboxylic acids is 2. The van der Waals surface area contributed by atoms with E-state index in [1.54, 1.807) is 29.1 Å². The Kier molecular flexibility index (Phi) is 5.72. The Morgan fingerprint density at radius 3 is 2.71 bits per heavy atom. The molecule has 1 aliphatic carbocycles. The van der Waals surface area contributed by atoms with Crippen LogP contribution in [-0.2, 0) is 11.8 Å². The van der Waals surface area contributed by atoms with E-state index in [4.69, 9.17) is 4.74 Å². The van der Waals surface area contributed by atoms with Gasteiger partial charge in [-0.15, -0.1) is 0 Å². The summed E-state index contributed by atoms with van der Waals surface area (Å²) in [7, 11) is 3.35. The number of aromatic nitrogens is 4. The third-order valence-electron chi connectivity index (χ3n) is 6.03. The van der Waals surface area contributed by atoms with Gasteiger partial charge in [-0.05, 0) is 38.0 Å². The highest BCUT2D eigenvalue weighted by Crippen LogP contribution is 2.39. The number of amides is 2. The number of nitrogens with zero attached hydrogens (tertiary/aromatic N) is 3. The van der Waals surface area contributed by atoms with Crippen molar-refractivity contribution in [2.24, 2.45) is 13.0 Å². The molecule has 5 rings (SSSR count). The molecule has 3 N–H and O–H groups in total. The Balaban J connectivity index is 1.68. The van der Waals surface area contributed by atoms with Gasteiger partial charge in [0.15, 0.2) is 5.82 Å². The summed E-state index contributed by atoms with van der Waals surface area (Å²) < 4.78 is 23.2. The molecule has 3 heterocycles. The number of hydrogen-bond donors (Lipinski definition) is 3. The van der Waals surface area contributed by atoms with Crippen LogP contribution in [-0.4, -0.2) is 45.0 Å².